The molecule has 0 aromatic carbocycles. The molecule has 0 aliphatic carbocycles. The van der Waals surface area contributed by atoms with Crippen LogP contribution in [0.1, 0.15) is 58.8 Å². The van der Waals surface area contributed by atoms with Crippen molar-refractivity contribution in [2.75, 3.05) is 39.6 Å². The lowest BCUT2D eigenvalue weighted by Crippen LogP contribution is -2.54. The summed E-state index contributed by atoms with van der Waals surface area (Å²) >= 11 is 0. The van der Waals surface area contributed by atoms with E-state index < -0.39 is 14.6 Å². The first-order valence-corrected chi connectivity index (χ1v) is 11.5. The molecule has 1 fully saturated rings. The highest BCUT2D eigenvalue weighted by molar-refractivity contribution is 7.92. The van der Waals surface area contributed by atoms with Crippen molar-refractivity contribution in [3.63, 3.8) is 0 Å². The van der Waals surface area contributed by atoms with Crippen LogP contribution in [-0.4, -0.2) is 58.7 Å². The Bertz CT molecular complexity index is 500. The molecule has 1 rings (SSSR count). The fraction of sp³-hybridized carbons (Fsp3) is 0.944. The topological polar surface area (TPSA) is 79.8 Å². The van der Waals surface area contributed by atoms with Gasteiger partial charge in [0, 0.05) is 39.6 Å². The summed E-state index contributed by atoms with van der Waals surface area (Å²) in [5, 5.41) is 6.63. The SMILES string of the molecule is CCCCC(CCC)CNC(=NC)NCC1(S(C)(=O)=O)CCOCC1. The number of rotatable bonds is 10. The fourth-order valence-electron chi connectivity index (χ4n) is 3.38. The van der Waals surface area contributed by atoms with Gasteiger partial charge in [-0.1, -0.05) is 33.1 Å². The van der Waals surface area contributed by atoms with E-state index in [9.17, 15) is 8.42 Å². The summed E-state index contributed by atoms with van der Waals surface area (Å²) in [6, 6.07) is 0. The maximum Gasteiger partial charge on any atom is 0.191 e. The Morgan fingerprint density at radius 1 is 1.16 bits per heavy atom. The van der Waals surface area contributed by atoms with E-state index in [1.54, 1.807) is 7.05 Å². The van der Waals surface area contributed by atoms with Gasteiger partial charge in [-0.25, -0.2) is 8.42 Å². The predicted octanol–water partition coefficient (Wildman–Crippen LogP) is 2.35. The van der Waals surface area contributed by atoms with Gasteiger partial charge in [0.25, 0.3) is 0 Å². The van der Waals surface area contributed by atoms with E-state index in [0.29, 0.717) is 44.5 Å². The number of aliphatic imine (C=N–C) groups is 1. The van der Waals surface area contributed by atoms with Crippen molar-refractivity contribution in [3.05, 3.63) is 0 Å². The average molecular weight is 376 g/mol. The molecule has 148 valence electrons. The lowest BCUT2D eigenvalue weighted by atomic mass is 9.97. The zero-order valence-electron chi connectivity index (χ0n) is 16.4. The molecule has 1 aliphatic rings. The molecule has 1 saturated heterocycles. The lowest BCUT2D eigenvalue weighted by molar-refractivity contribution is 0.0756. The Balaban J connectivity index is 2.59. The molecule has 0 spiro atoms. The first kappa shape index (κ1) is 22.2. The van der Waals surface area contributed by atoms with Crippen LogP contribution in [-0.2, 0) is 14.6 Å². The maximum atomic E-state index is 12.3. The lowest BCUT2D eigenvalue weighted by Gasteiger charge is -2.36. The quantitative estimate of drug-likeness (QED) is 0.453. The van der Waals surface area contributed by atoms with Crippen LogP contribution >= 0.6 is 0 Å². The molecule has 2 N–H and O–H groups in total. The van der Waals surface area contributed by atoms with E-state index in [2.05, 4.69) is 29.5 Å². The summed E-state index contributed by atoms with van der Waals surface area (Å²) < 4.78 is 29.2. The van der Waals surface area contributed by atoms with Crippen LogP contribution in [0.5, 0.6) is 0 Å². The van der Waals surface area contributed by atoms with Gasteiger partial charge in [-0.05, 0) is 31.6 Å². The standard InChI is InChI=1S/C18H37N3O3S/c1-5-7-9-16(8-6-2)14-20-17(19-3)21-15-18(25(4,22)23)10-12-24-13-11-18/h16H,5-15H2,1-4H3,(H2,19,20,21). The molecule has 1 unspecified atom stereocenters. The zero-order chi connectivity index (χ0) is 18.8. The number of hydrogen-bond acceptors (Lipinski definition) is 4. The van der Waals surface area contributed by atoms with Gasteiger partial charge in [-0.3, -0.25) is 4.99 Å². The molecule has 6 nitrogen and oxygen atoms in total. The Hall–Kier alpha value is -0.820. The molecule has 0 bridgehead atoms. The van der Waals surface area contributed by atoms with Crippen LogP contribution in [0.15, 0.2) is 4.99 Å². The Morgan fingerprint density at radius 3 is 2.36 bits per heavy atom. The summed E-state index contributed by atoms with van der Waals surface area (Å²) in [5.41, 5.74) is 0. The van der Waals surface area contributed by atoms with E-state index in [1.807, 2.05) is 0 Å². The molecular weight excluding hydrogens is 338 g/mol. The first-order valence-electron chi connectivity index (χ1n) is 9.60. The molecule has 0 radical (unpaired) electrons. The third-order valence-electron chi connectivity index (χ3n) is 5.21. The second kappa shape index (κ2) is 11.0. The van der Waals surface area contributed by atoms with Gasteiger partial charge < -0.3 is 15.4 Å². The van der Waals surface area contributed by atoms with Crippen LogP contribution in [0.25, 0.3) is 0 Å². The molecular formula is C18H37N3O3S. The van der Waals surface area contributed by atoms with Crippen LogP contribution in [0, 0.1) is 5.92 Å². The Labute approximate surface area is 154 Å². The maximum absolute atomic E-state index is 12.3. The number of sulfone groups is 1. The molecule has 0 saturated carbocycles. The predicted molar refractivity (Wildman–Crippen MR) is 105 cm³/mol. The molecule has 1 atom stereocenters. The summed E-state index contributed by atoms with van der Waals surface area (Å²) in [6.07, 6.45) is 8.46. The highest BCUT2D eigenvalue weighted by atomic mass is 32.2. The van der Waals surface area contributed by atoms with Crippen LogP contribution in [0.3, 0.4) is 0 Å². The van der Waals surface area contributed by atoms with Gasteiger partial charge in [-0.15, -0.1) is 0 Å². The van der Waals surface area contributed by atoms with E-state index >= 15 is 0 Å². The fourth-order valence-corrected chi connectivity index (χ4v) is 4.62. The van der Waals surface area contributed by atoms with Crippen LogP contribution < -0.4 is 10.6 Å². The summed E-state index contributed by atoms with van der Waals surface area (Å²) in [5.74, 6) is 1.32. The van der Waals surface area contributed by atoms with Gasteiger partial charge in [0.1, 0.15) is 0 Å². The monoisotopic (exact) mass is 375 g/mol. The highest BCUT2D eigenvalue weighted by Gasteiger charge is 2.42. The largest absolute Gasteiger partial charge is 0.381 e. The van der Waals surface area contributed by atoms with E-state index in [4.69, 9.17) is 4.74 Å². The van der Waals surface area contributed by atoms with Crippen molar-refractivity contribution in [1.82, 2.24) is 10.6 Å². The highest BCUT2D eigenvalue weighted by Crippen LogP contribution is 2.28. The van der Waals surface area contributed by atoms with Gasteiger partial charge >= 0.3 is 0 Å². The van der Waals surface area contributed by atoms with Crippen molar-refractivity contribution >= 4 is 15.8 Å². The summed E-state index contributed by atoms with van der Waals surface area (Å²) in [6.45, 7) is 6.68. The van der Waals surface area contributed by atoms with Gasteiger partial charge in [0.05, 0.1) is 4.75 Å². The minimum absolute atomic E-state index is 0.377. The van der Waals surface area contributed by atoms with E-state index in [1.165, 1.54) is 38.4 Å². The first-order chi connectivity index (χ1) is 11.9. The average Bonchev–Trinajstić information content (AvgIpc) is 2.59. The van der Waals surface area contributed by atoms with Crippen molar-refractivity contribution in [1.29, 1.82) is 0 Å². The number of nitrogens with one attached hydrogen (secondary N) is 2. The molecule has 0 aromatic rings. The zero-order valence-corrected chi connectivity index (χ0v) is 17.3. The summed E-state index contributed by atoms with van der Waals surface area (Å²) in [4.78, 5) is 4.27. The normalized spacial score (nSPS) is 19.4. The van der Waals surface area contributed by atoms with Gasteiger partial charge in [-0.2, -0.15) is 0 Å². The number of guanidine groups is 1. The number of ether oxygens (including phenoxy) is 1. The van der Waals surface area contributed by atoms with Crippen LogP contribution in [0.4, 0.5) is 0 Å². The molecule has 7 heteroatoms. The van der Waals surface area contributed by atoms with Crippen molar-refractivity contribution < 1.29 is 13.2 Å². The summed E-state index contributed by atoms with van der Waals surface area (Å²) in [7, 11) is -1.44. The minimum Gasteiger partial charge on any atom is -0.381 e. The Kier molecular flexibility index (Phi) is 9.79. The Morgan fingerprint density at radius 2 is 1.84 bits per heavy atom. The smallest absolute Gasteiger partial charge is 0.191 e. The van der Waals surface area contributed by atoms with Crippen molar-refractivity contribution in [2.24, 2.45) is 10.9 Å². The second-order valence-electron chi connectivity index (χ2n) is 7.17. The van der Waals surface area contributed by atoms with E-state index in [0.717, 1.165) is 6.54 Å². The van der Waals surface area contributed by atoms with Crippen LogP contribution in [0.2, 0.25) is 0 Å². The second-order valence-corrected chi connectivity index (χ2v) is 9.58. The number of nitrogens with zero attached hydrogens (tertiary/aromatic N) is 1. The number of hydrogen-bond donors (Lipinski definition) is 2. The third-order valence-corrected chi connectivity index (χ3v) is 7.34. The molecule has 25 heavy (non-hydrogen) atoms. The van der Waals surface area contributed by atoms with Gasteiger partial charge in [0.15, 0.2) is 15.8 Å². The van der Waals surface area contributed by atoms with Crippen molar-refractivity contribution in [2.45, 2.75) is 63.5 Å². The van der Waals surface area contributed by atoms with E-state index in [-0.39, 0.29) is 0 Å². The molecule has 1 aliphatic heterocycles. The third kappa shape index (κ3) is 7.13. The molecule has 0 aromatic heterocycles. The number of unbranched alkanes of at least 4 members (excludes halogenated alkanes) is 1. The molecule has 0 amide bonds. The minimum atomic E-state index is -3.17. The molecule has 1 heterocycles. The van der Waals surface area contributed by atoms with Crippen molar-refractivity contribution in [3.8, 4) is 0 Å². The van der Waals surface area contributed by atoms with Gasteiger partial charge in [0.2, 0.25) is 0 Å².